The third-order valence-corrected chi connectivity index (χ3v) is 4.65. The number of rotatable bonds is 7. The molecule has 0 aliphatic rings. The molecule has 0 saturated heterocycles. The van der Waals surface area contributed by atoms with E-state index >= 15 is 0 Å². The number of guanidine groups is 1. The fourth-order valence-electron chi connectivity index (χ4n) is 2.36. The lowest BCUT2D eigenvalue weighted by Crippen LogP contribution is -2.37. The first-order chi connectivity index (χ1) is 12.8. The number of hydrogen-bond acceptors (Lipinski definition) is 4. The van der Waals surface area contributed by atoms with Gasteiger partial charge in [-0.3, -0.25) is 4.99 Å². The minimum atomic E-state index is 0. The summed E-state index contributed by atoms with van der Waals surface area (Å²) in [6.07, 6.45) is 5.41. The Morgan fingerprint density at radius 3 is 2.70 bits per heavy atom. The van der Waals surface area contributed by atoms with Crippen LogP contribution in [0.4, 0.5) is 0 Å². The second-order valence-corrected chi connectivity index (χ2v) is 6.66. The summed E-state index contributed by atoms with van der Waals surface area (Å²) in [7, 11) is 1.78. The standard InChI is InChI=1S/C19H22N6S.HI/c1-20-19(22-11-13-26-17-6-3-2-4-7-17)23-15-16-8-10-21-18(14-16)25-12-5-9-24-25;/h2-10,12,14H,11,13,15H2,1H3,(H2,20,22,23);1H. The van der Waals surface area contributed by atoms with Crippen molar-refractivity contribution < 1.29 is 0 Å². The molecule has 2 N–H and O–H groups in total. The highest BCUT2D eigenvalue weighted by atomic mass is 127. The van der Waals surface area contributed by atoms with Crippen molar-refractivity contribution in [2.45, 2.75) is 11.4 Å². The Balaban J connectivity index is 0.00000261. The van der Waals surface area contributed by atoms with Crippen LogP contribution >= 0.6 is 35.7 Å². The zero-order valence-corrected chi connectivity index (χ0v) is 18.2. The molecule has 0 amide bonds. The second kappa shape index (κ2) is 11.6. The van der Waals surface area contributed by atoms with E-state index in [1.165, 1.54) is 4.90 Å². The molecule has 3 aromatic rings. The molecule has 0 fully saturated rings. The van der Waals surface area contributed by atoms with Gasteiger partial charge in [-0.05, 0) is 35.9 Å². The molecule has 3 rings (SSSR count). The number of halogens is 1. The topological polar surface area (TPSA) is 67.1 Å². The molecule has 27 heavy (non-hydrogen) atoms. The number of hydrogen-bond donors (Lipinski definition) is 2. The average Bonchev–Trinajstić information content (AvgIpc) is 3.23. The normalized spacial score (nSPS) is 10.9. The Morgan fingerprint density at radius 1 is 1.11 bits per heavy atom. The van der Waals surface area contributed by atoms with Crippen LogP contribution in [0.25, 0.3) is 5.82 Å². The smallest absolute Gasteiger partial charge is 0.191 e. The molecule has 0 aliphatic heterocycles. The molecule has 1 aromatic carbocycles. The highest BCUT2D eigenvalue weighted by Gasteiger charge is 2.02. The van der Waals surface area contributed by atoms with E-state index in [2.05, 4.69) is 50.0 Å². The molecule has 6 nitrogen and oxygen atoms in total. The van der Waals surface area contributed by atoms with Crippen LogP contribution in [0.15, 0.2) is 77.0 Å². The van der Waals surface area contributed by atoms with E-state index in [1.54, 1.807) is 24.1 Å². The van der Waals surface area contributed by atoms with Crippen LogP contribution in [0.5, 0.6) is 0 Å². The van der Waals surface area contributed by atoms with Gasteiger partial charge in [0.05, 0.1) is 0 Å². The van der Waals surface area contributed by atoms with Crippen molar-refractivity contribution in [3.63, 3.8) is 0 Å². The maximum atomic E-state index is 4.34. The summed E-state index contributed by atoms with van der Waals surface area (Å²) in [6, 6.07) is 16.3. The second-order valence-electron chi connectivity index (χ2n) is 5.49. The Hall–Kier alpha value is -2.07. The Labute approximate surface area is 180 Å². The summed E-state index contributed by atoms with van der Waals surface area (Å²) in [5.74, 6) is 2.57. The van der Waals surface area contributed by atoms with Gasteiger partial charge in [0.2, 0.25) is 0 Å². The highest BCUT2D eigenvalue weighted by Crippen LogP contribution is 2.15. The molecule has 0 aliphatic carbocycles. The molecule has 0 atom stereocenters. The summed E-state index contributed by atoms with van der Waals surface area (Å²) in [5, 5.41) is 10.9. The van der Waals surface area contributed by atoms with Crippen LogP contribution in [0.3, 0.4) is 0 Å². The van der Waals surface area contributed by atoms with Gasteiger partial charge in [0, 0.05) is 49.4 Å². The van der Waals surface area contributed by atoms with Gasteiger partial charge in [0.25, 0.3) is 0 Å². The predicted molar refractivity (Wildman–Crippen MR) is 122 cm³/mol. The fourth-order valence-corrected chi connectivity index (χ4v) is 3.15. The number of nitrogens with one attached hydrogen (secondary N) is 2. The third kappa shape index (κ3) is 6.87. The van der Waals surface area contributed by atoms with Gasteiger partial charge in [0.1, 0.15) is 0 Å². The molecule has 142 valence electrons. The molecule has 0 unspecified atom stereocenters. The minimum Gasteiger partial charge on any atom is -0.356 e. The van der Waals surface area contributed by atoms with E-state index < -0.39 is 0 Å². The van der Waals surface area contributed by atoms with Crippen molar-refractivity contribution in [3.05, 3.63) is 72.7 Å². The van der Waals surface area contributed by atoms with E-state index in [0.29, 0.717) is 6.54 Å². The maximum absolute atomic E-state index is 4.34. The van der Waals surface area contributed by atoms with Crippen molar-refractivity contribution in [1.82, 2.24) is 25.4 Å². The molecule has 0 saturated carbocycles. The Kier molecular flexibility index (Phi) is 9.12. The van der Waals surface area contributed by atoms with Crippen LogP contribution in [0, 0.1) is 0 Å². The first kappa shape index (κ1) is 21.2. The van der Waals surface area contributed by atoms with Crippen molar-refractivity contribution in [1.29, 1.82) is 0 Å². The molecular formula is C19H23IN6S. The molecule has 0 bridgehead atoms. The van der Waals surface area contributed by atoms with Crippen LogP contribution < -0.4 is 10.6 Å². The lowest BCUT2D eigenvalue weighted by molar-refractivity contribution is 0.815. The van der Waals surface area contributed by atoms with Gasteiger partial charge in [-0.2, -0.15) is 5.10 Å². The molecular weight excluding hydrogens is 471 g/mol. The van der Waals surface area contributed by atoms with E-state index in [1.807, 2.05) is 42.2 Å². The van der Waals surface area contributed by atoms with E-state index in [4.69, 9.17) is 0 Å². The monoisotopic (exact) mass is 494 g/mol. The van der Waals surface area contributed by atoms with Gasteiger partial charge < -0.3 is 10.6 Å². The third-order valence-electron chi connectivity index (χ3n) is 3.64. The van der Waals surface area contributed by atoms with Crippen LogP contribution in [-0.2, 0) is 6.54 Å². The largest absolute Gasteiger partial charge is 0.356 e. The lowest BCUT2D eigenvalue weighted by atomic mass is 10.2. The number of benzene rings is 1. The first-order valence-corrected chi connectivity index (χ1v) is 9.41. The van der Waals surface area contributed by atoms with E-state index in [-0.39, 0.29) is 24.0 Å². The van der Waals surface area contributed by atoms with Gasteiger partial charge >= 0.3 is 0 Å². The Morgan fingerprint density at radius 2 is 1.96 bits per heavy atom. The number of thioether (sulfide) groups is 1. The summed E-state index contributed by atoms with van der Waals surface area (Å²) in [5.41, 5.74) is 1.12. The van der Waals surface area contributed by atoms with Gasteiger partial charge in [-0.25, -0.2) is 9.67 Å². The summed E-state index contributed by atoms with van der Waals surface area (Å²) in [6.45, 7) is 1.51. The van der Waals surface area contributed by atoms with Crippen molar-refractivity contribution in [3.8, 4) is 5.82 Å². The summed E-state index contributed by atoms with van der Waals surface area (Å²) in [4.78, 5) is 9.89. The predicted octanol–water partition coefficient (Wildman–Crippen LogP) is 3.34. The lowest BCUT2D eigenvalue weighted by Gasteiger charge is -2.12. The molecule has 2 aromatic heterocycles. The van der Waals surface area contributed by atoms with Crippen molar-refractivity contribution in [2.24, 2.45) is 4.99 Å². The molecule has 0 radical (unpaired) electrons. The van der Waals surface area contributed by atoms with Crippen LogP contribution in [0.2, 0.25) is 0 Å². The quantitative estimate of drug-likeness (QED) is 0.174. The zero-order valence-electron chi connectivity index (χ0n) is 15.1. The zero-order chi connectivity index (χ0) is 18.0. The summed E-state index contributed by atoms with van der Waals surface area (Å²) < 4.78 is 1.75. The SMILES string of the molecule is CN=C(NCCSc1ccccc1)NCc1ccnc(-n2cccn2)c1.I. The number of nitrogens with zero attached hydrogens (tertiary/aromatic N) is 4. The number of aliphatic imine (C=N–C) groups is 1. The molecule has 0 spiro atoms. The number of aromatic nitrogens is 3. The van der Waals surface area contributed by atoms with E-state index in [0.717, 1.165) is 29.6 Å². The van der Waals surface area contributed by atoms with Crippen molar-refractivity contribution >= 4 is 41.7 Å². The van der Waals surface area contributed by atoms with Gasteiger partial charge in [0.15, 0.2) is 11.8 Å². The average molecular weight is 494 g/mol. The number of pyridine rings is 1. The van der Waals surface area contributed by atoms with Crippen LogP contribution in [-0.4, -0.2) is 40.1 Å². The highest BCUT2D eigenvalue weighted by molar-refractivity contribution is 14.0. The first-order valence-electron chi connectivity index (χ1n) is 8.42. The van der Waals surface area contributed by atoms with Crippen LogP contribution in [0.1, 0.15) is 5.56 Å². The van der Waals surface area contributed by atoms with Crippen molar-refractivity contribution in [2.75, 3.05) is 19.3 Å². The molecule has 8 heteroatoms. The summed E-state index contributed by atoms with van der Waals surface area (Å²) >= 11 is 1.82. The van der Waals surface area contributed by atoms with E-state index in [9.17, 15) is 0 Å². The minimum absolute atomic E-state index is 0. The maximum Gasteiger partial charge on any atom is 0.191 e. The van der Waals surface area contributed by atoms with Gasteiger partial charge in [-0.1, -0.05) is 18.2 Å². The fraction of sp³-hybridized carbons (Fsp3) is 0.211. The Bertz CT molecular complexity index is 823. The van der Waals surface area contributed by atoms with Gasteiger partial charge in [-0.15, -0.1) is 35.7 Å². The molecule has 2 heterocycles.